The second-order valence-electron chi connectivity index (χ2n) is 3.86. The highest BCUT2D eigenvalue weighted by Gasteiger charge is 2.21. The van der Waals surface area contributed by atoms with Gasteiger partial charge in [-0.05, 0) is 34.1 Å². The maximum absolute atomic E-state index is 13.8. The van der Waals surface area contributed by atoms with Gasteiger partial charge in [-0.3, -0.25) is 0 Å². The lowest BCUT2D eigenvalue weighted by molar-refractivity contribution is 0.559. The third kappa shape index (κ3) is 3.50. The van der Waals surface area contributed by atoms with E-state index < -0.39 is 20.7 Å². The molecule has 1 heterocycles. The van der Waals surface area contributed by atoms with Gasteiger partial charge in [-0.15, -0.1) is 11.3 Å². The van der Waals surface area contributed by atoms with Gasteiger partial charge in [0.15, 0.2) is 5.82 Å². The van der Waals surface area contributed by atoms with Crippen molar-refractivity contribution in [1.82, 2.24) is 4.72 Å². The smallest absolute Gasteiger partial charge is 0.243 e. The van der Waals surface area contributed by atoms with Crippen molar-refractivity contribution in [3.05, 3.63) is 43.8 Å². The van der Waals surface area contributed by atoms with E-state index >= 15 is 0 Å². The van der Waals surface area contributed by atoms with Gasteiger partial charge in [0.05, 0.1) is 5.69 Å². The lowest BCUT2D eigenvalue weighted by Crippen LogP contribution is -2.24. The summed E-state index contributed by atoms with van der Waals surface area (Å²) in [5.74, 6) is -1.01. The molecule has 108 valence electrons. The van der Waals surface area contributed by atoms with Crippen LogP contribution in [0.25, 0.3) is 0 Å². The van der Waals surface area contributed by atoms with Crippen LogP contribution < -0.4 is 10.5 Å². The molecule has 2 aromatic rings. The van der Waals surface area contributed by atoms with Gasteiger partial charge in [0, 0.05) is 26.3 Å². The summed E-state index contributed by atoms with van der Waals surface area (Å²) >= 11 is 10.4. The zero-order valence-corrected chi connectivity index (χ0v) is 13.8. The van der Waals surface area contributed by atoms with Crippen LogP contribution in [0.5, 0.6) is 0 Å². The fraction of sp³-hybridized carbons (Fsp3) is 0.0909. The van der Waals surface area contributed by atoms with Crippen LogP contribution in [-0.4, -0.2) is 8.42 Å². The van der Waals surface area contributed by atoms with Crippen molar-refractivity contribution in [2.75, 3.05) is 5.73 Å². The minimum atomic E-state index is -4.02. The molecule has 1 aromatic heterocycles. The SMILES string of the molecule is Nc1cc(Cl)cc(S(=O)(=O)NCc2cc(Br)cs2)c1F. The fourth-order valence-corrected chi connectivity index (χ4v) is 4.38. The Balaban J connectivity index is 2.27. The van der Waals surface area contributed by atoms with E-state index in [0.29, 0.717) is 0 Å². The van der Waals surface area contributed by atoms with Gasteiger partial charge in [0.1, 0.15) is 4.90 Å². The third-order valence-corrected chi connectivity index (χ3v) is 5.70. The lowest BCUT2D eigenvalue weighted by atomic mass is 10.3. The Morgan fingerprint density at radius 2 is 2.10 bits per heavy atom. The molecule has 0 atom stereocenters. The summed E-state index contributed by atoms with van der Waals surface area (Å²) in [7, 11) is -4.02. The van der Waals surface area contributed by atoms with Gasteiger partial charge >= 0.3 is 0 Å². The molecular formula is C11H9BrClFN2O2S2. The number of nitrogens with two attached hydrogens (primary N) is 1. The van der Waals surface area contributed by atoms with Crippen molar-refractivity contribution in [2.24, 2.45) is 0 Å². The van der Waals surface area contributed by atoms with Crippen molar-refractivity contribution in [3.63, 3.8) is 0 Å². The molecule has 4 nitrogen and oxygen atoms in total. The number of anilines is 1. The van der Waals surface area contributed by atoms with Gasteiger partial charge < -0.3 is 5.73 Å². The normalized spacial score (nSPS) is 11.8. The molecule has 20 heavy (non-hydrogen) atoms. The van der Waals surface area contributed by atoms with Crippen LogP contribution in [-0.2, 0) is 16.6 Å². The van der Waals surface area contributed by atoms with E-state index in [1.54, 1.807) is 6.07 Å². The van der Waals surface area contributed by atoms with E-state index in [-0.39, 0.29) is 17.3 Å². The molecule has 0 fully saturated rings. The van der Waals surface area contributed by atoms with E-state index in [2.05, 4.69) is 20.7 Å². The monoisotopic (exact) mass is 398 g/mol. The Labute approximate surface area is 132 Å². The minimum absolute atomic E-state index is 0.0585. The van der Waals surface area contributed by atoms with Crippen molar-refractivity contribution < 1.29 is 12.8 Å². The van der Waals surface area contributed by atoms with Crippen LogP contribution in [0.15, 0.2) is 32.9 Å². The zero-order valence-electron chi connectivity index (χ0n) is 9.86. The van der Waals surface area contributed by atoms with Crippen LogP contribution >= 0.6 is 38.9 Å². The molecule has 3 N–H and O–H groups in total. The molecule has 0 aliphatic carbocycles. The lowest BCUT2D eigenvalue weighted by Gasteiger charge is -2.09. The molecule has 0 aliphatic heterocycles. The van der Waals surface area contributed by atoms with Gasteiger partial charge in [-0.2, -0.15) is 0 Å². The van der Waals surface area contributed by atoms with Crippen LogP contribution in [0.2, 0.25) is 5.02 Å². The van der Waals surface area contributed by atoms with Gasteiger partial charge in [-0.1, -0.05) is 11.6 Å². The van der Waals surface area contributed by atoms with Gasteiger partial charge in [0.25, 0.3) is 0 Å². The first kappa shape index (κ1) is 15.7. The molecule has 0 spiro atoms. The average molecular weight is 400 g/mol. The Morgan fingerprint density at radius 1 is 1.40 bits per heavy atom. The Hall–Kier alpha value is -0.670. The Kier molecular flexibility index (Phi) is 4.70. The highest BCUT2D eigenvalue weighted by Crippen LogP contribution is 2.26. The highest BCUT2D eigenvalue weighted by atomic mass is 79.9. The standard InChI is InChI=1S/C11H9BrClFN2O2S2/c12-6-1-8(19-5-6)4-16-20(17,18)10-3-7(13)2-9(15)11(10)14/h1-3,5,16H,4,15H2. The summed E-state index contributed by atoms with van der Waals surface area (Å²) in [6.07, 6.45) is 0. The number of hydrogen-bond acceptors (Lipinski definition) is 4. The number of hydrogen-bond donors (Lipinski definition) is 2. The van der Waals surface area contributed by atoms with Crippen LogP contribution in [0.4, 0.5) is 10.1 Å². The number of halogens is 3. The van der Waals surface area contributed by atoms with Crippen LogP contribution in [0.3, 0.4) is 0 Å². The molecule has 0 unspecified atom stereocenters. The topological polar surface area (TPSA) is 72.2 Å². The average Bonchev–Trinajstić information content (AvgIpc) is 2.77. The molecule has 9 heteroatoms. The quantitative estimate of drug-likeness (QED) is 0.774. The first-order valence-electron chi connectivity index (χ1n) is 5.26. The first-order chi connectivity index (χ1) is 9.29. The Bertz CT molecular complexity index is 749. The van der Waals surface area contributed by atoms with Crippen molar-refractivity contribution in [3.8, 4) is 0 Å². The summed E-state index contributed by atoms with van der Waals surface area (Å²) in [6, 6.07) is 3.96. The number of benzene rings is 1. The number of thiophene rings is 1. The molecule has 2 rings (SSSR count). The second kappa shape index (κ2) is 5.98. The summed E-state index contributed by atoms with van der Waals surface area (Å²) in [6.45, 7) is 0.0600. The van der Waals surface area contributed by atoms with Crippen molar-refractivity contribution in [2.45, 2.75) is 11.4 Å². The van der Waals surface area contributed by atoms with Crippen molar-refractivity contribution in [1.29, 1.82) is 0 Å². The van der Waals surface area contributed by atoms with E-state index in [1.807, 2.05) is 5.38 Å². The van der Waals surface area contributed by atoms with E-state index in [0.717, 1.165) is 21.5 Å². The van der Waals surface area contributed by atoms with E-state index in [9.17, 15) is 12.8 Å². The minimum Gasteiger partial charge on any atom is -0.396 e. The van der Waals surface area contributed by atoms with E-state index in [4.69, 9.17) is 17.3 Å². The van der Waals surface area contributed by atoms with Crippen molar-refractivity contribution >= 4 is 54.6 Å². The number of nitrogen functional groups attached to an aromatic ring is 1. The molecule has 0 radical (unpaired) electrons. The highest BCUT2D eigenvalue weighted by molar-refractivity contribution is 9.10. The molecule has 0 aliphatic rings. The number of nitrogens with one attached hydrogen (secondary N) is 1. The number of sulfonamides is 1. The van der Waals surface area contributed by atoms with Gasteiger partial charge in [-0.25, -0.2) is 17.5 Å². The Morgan fingerprint density at radius 3 is 2.70 bits per heavy atom. The molecule has 1 aromatic carbocycles. The third-order valence-electron chi connectivity index (χ3n) is 2.38. The summed E-state index contributed by atoms with van der Waals surface area (Å²) in [5.41, 5.74) is 5.06. The summed E-state index contributed by atoms with van der Waals surface area (Å²) < 4.78 is 41.1. The fourth-order valence-electron chi connectivity index (χ4n) is 1.47. The predicted molar refractivity (Wildman–Crippen MR) is 81.9 cm³/mol. The summed E-state index contributed by atoms with van der Waals surface area (Å²) in [4.78, 5) is 0.231. The first-order valence-corrected chi connectivity index (χ1v) is 8.80. The van der Waals surface area contributed by atoms with Gasteiger partial charge in [0.2, 0.25) is 10.0 Å². The predicted octanol–water partition coefficient (Wildman–Crippen LogP) is 3.36. The maximum atomic E-state index is 13.8. The number of rotatable bonds is 4. The second-order valence-corrected chi connectivity index (χ2v) is 7.95. The molecule has 0 saturated carbocycles. The summed E-state index contributed by atoms with van der Waals surface area (Å²) in [5, 5.41) is 1.88. The zero-order chi connectivity index (χ0) is 14.9. The molecule has 0 saturated heterocycles. The molecule has 0 amide bonds. The van der Waals surface area contributed by atoms with Crippen LogP contribution in [0, 0.1) is 5.82 Å². The van der Waals surface area contributed by atoms with Crippen LogP contribution in [0.1, 0.15) is 4.88 Å². The van der Waals surface area contributed by atoms with E-state index in [1.165, 1.54) is 11.3 Å². The molecular weight excluding hydrogens is 391 g/mol. The maximum Gasteiger partial charge on any atom is 0.243 e. The molecule has 0 bridgehead atoms. The largest absolute Gasteiger partial charge is 0.396 e.